The second-order valence-electron chi connectivity index (χ2n) is 6.60. The van der Waals surface area contributed by atoms with E-state index in [0.717, 1.165) is 12.8 Å². The Hall–Kier alpha value is -1.79. The van der Waals surface area contributed by atoms with Gasteiger partial charge in [0.25, 0.3) is 0 Å². The zero-order valence-electron chi connectivity index (χ0n) is 12.8. The van der Waals surface area contributed by atoms with Crippen LogP contribution in [0.1, 0.15) is 40.0 Å². The van der Waals surface area contributed by atoms with Crippen molar-refractivity contribution < 1.29 is 19.1 Å². The summed E-state index contributed by atoms with van der Waals surface area (Å²) in [7, 11) is 0. The van der Waals surface area contributed by atoms with Gasteiger partial charge in [-0.15, -0.1) is 0 Å². The molecule has 1 heterocycles. The largest absolute Gasteiger partial charge is 0.444 e. The van der Waals surface area contributed by atoms with Gasteiger partial charge in [0.15, 0.2) is 0 Å². The maximum atomic E-state index is 11.8. The van der Waals surface area contributed by atoms with E-state index in [1.807, 2.05) is 4.90 Å². The smallest absolute Gasteiger partial charge is 0.408 e. The number of nitrogens with zero attached hydrogens (tertiary/aromatic N) is 1. The van der Waals surface area contributed by atoms with Crippen LogP contribution in [-0.2, 0) is 14.3 Å². The van der Waals surface area contributed by atoms with Crippen LogP contribution in [-0.4, -0.2) is 53.6 Å². The topological polar surface area (TPSA) is 87.7 Å². The van der Waals surface area contributed by atoms with Crippen LogP contribution in [0.25, 0.3) is 0 Å². The first-order chi connectivity index (χ1) is 9.74. The van der Waals surface area contributed by atoms with E-state index < -0.39 is 11.7 Å². The number of likely N-dealkylation sites (tertiary alicyclic amines) is 1. The molecule has 0 bridgehead atoms. The molecule has 0 unspecified atom stereocenters. The van der Waals surface area contributed by atoms with Gasteiger partial charge in [0, 0.05) is 19.0 Å². The number of carbonyl (C=O) groups excluding carboxylic acids is 3. The number of amides is 3. The molecule has 1 aliphatic carbocycles. The lowest BCUT2D eigenvalue weighted by Crippen LogP contribution is -2.44. The number of carbonyl (C=O) groups is 3. The summed E-state index contributed by atoms with van der Waals surface area (Å²) in [5, 5.41) is 5.17. The van der Waals surface area contributed by atoms with Crippen LogP contribution in [0.4, 0.5) is 4.79 Å². The molecule has 118 valence electrons. The molecule has 0 aromatic rings. The molecule has 0 radical (unpaired) electrons. The summed E-state index contributed by atoms with van der Waals surface area (Å²) in [5.41, 5.74) is -0.594. The average molecular weight is 297 g/mol. The second kappa shape index (κ2) is 5.91. The predicted molar refractivity (Wildman–Crippen MR) is 75.5 cm³/mol. The number of ether oxygens (including phenoxy) is 1. The number of alkyl carbamates (subject to hydrolysis) is 1. The summed E-state index contributed by atoms with van der Waals surface area (Å²) in [6, 6.07) is 0.213. The van der Waals surface area contributed by atoms with Gasteiger partial charge >= 0.3 is 6.09 Å². The summed E-state index contributed by atoms with van der Waals surface area (Å²) in [4.78, 5) is 36.8. The molecule has 0 spiro atoms. The van der Waals surface area contributed by atoms with E-state index in [-0.39, 0.29) is 24.4 Å². The lowest BCUT2D eigenvalue weighted by Gasteiger charge is -2.20. The van der Waals surface area contributed by atoms with Gasteiger partial charge in [-0.05, 0) is 33.6 Å². The number of nitrogens with one attached hydrogen (secondary N) is 2. The standard InChI is InChI=1S/C14H23N3O4/c1-14(2,3)21-13(20)15-7-11(18)16-9-6-12(19)17(8-9)10-4-5-10/h9-10H,4-8H2,1-3H3,(H,15,20)(H,16,18)/t9-/m1/s1. The average Bonchev–Trinajstić information content (AvgIpc) is 3.10. The van der Waals surface area contributed by atoms with Gasteiger partial charge in [-0.2, -0.15) is 0 Å². The monoisotopic (exact) mass is 297 g/mol. The Morgan fingerprint density at radius 1 is 1.33 bits per heavy atom. The molecule has 2 rings (SSSR count). The molecule has 1 aliphatic heterocycles. The molecular weight excluding hydrogens is 274 g/mol. The quantitative estimate of drug-likeness (QED) is 0.786. The van der Waals surface area contributed by atoms with E-state index in [4.69, 9.17) is 4.74 Å². The van der Waals surface area contributed by atoms with E-state index >= 15 is 0 Å². The lowest BCUT2D eigenvalue weighted by molar-refractivity contribution is -0.128. The normalized spacial score (nSPS) is 22.1. The first-order valence-electron chi connectivity index (χ1n) is 7.30. The minimum Gasteiger partial charge on any atom is -0.444 e. The minimum absolute atomic E-state index is 0.0999. The minimum atomic E-state index is -0.625. The van der Waals surface area contributed by atoms with Crippen molar-refractivity contribution in [1.82, 2.24) is 15.5 Å². The molecule has 21 heavy (non-hydrogen) atoms. The molecule has 7 heteroatoms. The van der Waals surface area contributed by atoms with Gasteiger partial charge in [0.2, 0.25) is 11.8 Å². The molecule has 1 saturated heterocycles. The Bertz CT molecular complexity index is 440. The maximum absolute atomic E-state index is 11.8. The Kier molecular flexibility index (Phi) is 4.39. The Labute approximate surface area is 124 Å². The van der Waals surface area contributed by atoms with Gasteiger partial charge in [0.1, 0.15) is 12.1 Å². The van der Waals surface area contributed by atoms with E-state index in [1.54, 1.807) is 20.8 Å². The Morgan fingerprint density at radius 2 is 2.00 bits per heavy atom. The molecule has 2 aliphatic rings. The van der Waals surface area contributed by atoms with Crippen molar-refractivity contribution in [3.05, 3.63) is 0 Å². The fourth-order valence-corrected chi connectivity index (χ4v) is 2.31. The van der Waals surface area contributed by atoms with Crippen LogP contribution in [0.15, 0.2) is 0 Å². The first kappa shape index (κ1) is 15.6. The molecule has 1 atom stereocenters. The molecule has 2 N–H and O–H groups in total. The van der Waals surface area contributed by atoms with Crippen molar-refractivity contribution in [2.24, 2.45) is 0 Å². The molecular formula is C14H23N3O4. The number of rotatable bonds is 4. The summed E-state index contributed by atoms with van der Waals surface area (Å²) in [5.74, 6) is -0.209. The van der Waals surface area contributed by atoms with E-state index in [0.29, 0.717) is 19.0 Å². The van der Waals surface area contributed by atoms with Crippen molar-refractivity contribution in [3.63, 3.8) is 0 Å². The molecule has 2 fully saturated rings. The molecule has 0 aromatic heterocycles. The molecule has 7 nitrogen and oxygen atoms in total. The third kappa shape index (κ3) is 4.91. The van der Waals surface area contributed by atoms with Crippen LogP contribution >= 0.6 is 0 Å². The SMILES string of the molecule is CC(C)(C)OC(=O)NCC(=O)N[C@@H]1CC(=O)N(C2CC2)C1. The number of hydrogen-bond acceptors (Lipinski definition) is 4. The van der Waals surface area contributed by atoms with Gasteiger partial charge in [-0.1, -0.05) is 0 Å². The fourth-order valence-electron chi connectivity index (χ4n) is 2.31. The van der Waals surface area contributed by atoms with E-state index in [2.05, 4.69) is 10.6 Å². The van der Waals surface area contributed by atoms with Crippen LogP contribution < -0.4 is 10.6 Å². The summed E-state index contributed by atoms with van der Waals surface area (Å²) in [6.45, 7) is 5.68. The van der Waals surface area contributed by atoms with Crippen LogP contribution in [0.3, 0.4) is 0 Å². The fraction of sp³-hybridized carbons (Fsp3) is 0.786. The van der Waals surface area contributed by atoms with Crippen molar-refractivity contribution in [3.8, 4) is 0 Å². The Morgan fingerprint density at radius 3 is 2.57 bits per heavy atom. The zero-order valence-corrected chi connectivity index (χ0v) is 12.8. The Balaban J connectivity index is 1.68. The molecule has 3 amide bonds. The third-order valence-electron chi connectivity index (χ3n) is 3.30. The highest BCUT2D eigenvalue weighted by Gasteiger charge is 2.39. The second-order valence-corrected chi connectivity index (χ2v) is 6.60. The van der Waals surface area contributed by atoms with E-state index in [1.165, 1.54) is 0 Å². The third-order valence-corrected chi connectivity index (χ3v) is 3.30. The highest BCUT2D eigenvalue weighted by atomic mass is 16.6. The van der Waals surface area contributed by atoms with Crippen molar-refractivity contribution in [1.29, 1.82) is 0 Å². The van der Waals surface area contributed by atoms with Gasteiger partial charge in [-0.3, -0.25) is 9.59 Å². The van der Waals surface area contributed by atoms with Gasteiger partial charge < -0.3 is 20.3 Å². The van der Waals surface area contributed by atoms with Crippen molar-refractivity contribution in [2.45, 2.75) is 57.7 Å². The first-order valence-corrected chi connectivity index (χ1v) is 7.30. The highest BCUT2D eigenvalue weighted by molar-refractivity contribution is 5.85. The summed E-state index contributed by atoms with van der Waals surface area (Å²) >= 11 is 0. The van der Waals surface area contributed by atoms with Crippen LogP contribution in [0.2, 0.25) is 0 Å². The van der Waals surface area contributed by atoms with Gasteiger partial charge in [0.05, 0.1) is 6.04 Å². The summed E-state index contributed by atoms with van der Waals surface area (Å²) < 4.78 is 5.04. The predicted octanol–water partition coefficient (Wildman–Crippen LogP) is 0.391. The number of hydrogen-bond donors (Lipinski definition) is 2. The molecule has 0 aromatic carbocycles. The zero-order chi connectivity index (χ0) is 15.6. The lowest BCUT2D eigenvalue weighted by atomic mass is 10.2. The van der Waals surface area contributed by atoms with Crippen LogP contribution in [0, 0.1) is 0 Å². The van der Waals surface area contributed by atoms with E-state index in [9.17, 15) is 14.4 Å². The highest BCUT2D eigenvalue weighted by Crippen LogP contribution is 2.30. The van der Waals surface area contributed by atoms with Crippen molar-refractivity contribution >= 4 is 17.9 Å². The summed E-state index contributed by atoms with van der Waals surface area (Å²) in [6.07, 6.45) is 1.84. The van der Waals surface area contributed by atoms with Crippen LogP contribution in [0.5, 0.6) is 0 Å². The maximum Gasteiger partial charge on any atom is 0.408 e. The van der Waals surface area contributed by atoms with Gasteiger partial charge in [-0.25, -0.2) is 4.79 Å². The van der Waals surface area contributed by atoms with Crippen molar-refractivity contribution in [2.75, 3.05) is 13.1 Å². The molecule has 1 saturated carbocycles.